The summed E-state index contributed by atoms with van der Waals surface area (Å²) in [4.78, 5) is 21.3. The van der Waals surface area contributed by atoms with E-state index in [1.54, 1.807) is 12.1 Å². The first kappa shape index (κ1) is 21.6. The van der Waals surface area contributed by atoms with Crippen LogP contribution in [0, 0.1) is 0 Å². The van der Waals surface area contributed by atoms with Crippen molar-refractivity contribution >= 4 is 7.82 Å². The van der Waals surface area contributed by atoms with E-state index in [0.29, 0.717) is 16.7 Å². The number of phenols is 1. The molecule has 0 spiro atoms. The second kappa shape index (κ2) is 7.02. The van der Waals surface area contributed by atoms with E-state index in [2.05, 4.69) is 4.52 Å². The van der Waals surface area contributed by atoms with Crippen molar-refractivity contribution in [3.63, 3.8) is 0 Å². The van der Waals surface area contributed by atoms with Gasteiger partial charge >= 0.3 is 16.5 Å². The van der Waals surface area contributed by atoms with Crippen molar-refractivity contribution in [1.82, 2.24) is 0 Å². The van der Waals surface area contributed by atoms with Crippen LogP contribution in [0.2, 0.25) is 0 Å². The number of aromatic hydroxyl groups is 1. The summed E-state index contributed by atoms with van der Waals surface area (Å²) < 4.78 is 15.0. The Morgan fingerprint density at radius 1 is 1.05 bits per heavy atom. The Kier molecular flexibility index (Phi) is 6.90. The molecule has 0 saturated heterocycles. The van der Waals surface area contributed by atoms with Gasteiger partial charge in [0.05, 0.1) is 14.4 Å². The Balaban J connectivity index is 0.00000441. The smallest absolute Gasteiger partial charge is 0.790 e. The van der Waals surface area contributed by atoms with Gasteiger partial charge in [-0.15, -0.1) is 0 Å². The molecule has 1 N–H and O–H groups in total. The van der Waals surface area contributed by atoms with Crippen LogP contribution >= 0.6 is 7.82 Å². The van der Waals surface area contributed by atoms with Crippen molar-refractivity contribution in [3.05, 3.63) is 28.8 Å². The molecule has 0 aromatic heterocycles. The predicted molar refractivity (Wildman–Crippen MR) is 77.9 cm³/mol. The van der Waals surface area contributed by atoms with Gasteiger partial charge < -0.3 is 24.0 Å². The van der Waals surface area contributed by atoms with Crippen LogP contribution in [0.15, 0.2) is 12.1 Å². The van der Waals surface area contributed by atoms with E-state index in [-0.39, 0.29) is 39.7 Å². The van der Waals surface area contributed by atoms with E-state index < -0.39 is 7.82 Å². The minimum Gasteiger partial charge on any atom is -0.790 e. The summed E-state index contributed by atoms with van der Waals surface area (Å²) in [6.45, 7) is 11.4. The van der Waals surface area contributed by atoms with Crippen molar-refractivity contribution in [2.45, 2.75) is 59.0 Å². The zero-order valence-corrected chi connectivity index (χ0v) is 15.6. The topological polar surface area (TPSA) is 92.7 Å². The molecular formula is C15H23NiO5P. The van der Waals surface area contributed by atoms with Crippen LogP contribution in [0.1, 0.15) is 58.2 Å². The zero-order chi connectivity index (χ0) is 16.6. The Morgan fingerprint density at radius 2 is 1.41 bits per heavy atom. The Labute approximate surface area is 142 Å². The summed E-state index contributed by atoms with van der Waals surface area (Å²) in [6.07, 6.45) is 0. The van der Waals surface area contributed by atoms with Gasteiger partial charge in [-0.3, -0.25) is 0 Å². The minimum atomic E-state index is -5.02. The largest absolute Gasteiger partial charge is 2.00 e. The van der Waals surface area contributed by atoms with Gasteiger partial charge in [0.1, 0.15) is 5.75 Å². The minimum absolute atomic E-state index is 0. The van der Waals surface area contributed by atoms with Crippen molar-refractivity contribution in [3.8, 4) is 5.75 Å². The summed E-state index contributed by atoms with van der Waals surface area (Å²) in [5, 5.41) is 10.5. The number of phosphoric acid groups is 1. The van der Waals surface area contributed by atoms with E-state index in [4.69, 9.17) is 0 Å². The number of phosphoric ester groups is 1. The quantitative estimate of drug-likeness (QED) is 0.649. The second-order valence-corrected chi connectivity index (χ2v) is 8.41. The van der Waals surface area contributed by atoms with E-state index in [1.807, 2.05) is 41.5 Å². The Morgan fingerprint density at radius 3 is 1.68 bits per heavy atom. The molecule has 7 heteroatoms. The molecule has 1 aromatic rings. The average Bonchev–Trinajstić information content (AvgIpc) is 2.23. The molecule has 22 heavy (non-hydrogen) atoms. The standard InChI is InChI=1S/C15H25O5P.Ni/c1-14(2,3)11-7-10(9-20-21(17,18)19)8-12(13(11)16)15(4,5)6;/h7-8,16H,9H2,1-6H3,(H2,17,18,19);/q;+2/p-2. The second-order valence-electron chi connectivity index (χ2n) is 7.26. The number of benzene rings is 1. The van der Waals surface area contributed by atoms with Gasteiger partial charge in [0.2, 0.25) is 0 Å². The fourth-order valence-corrected chi connectivity index (χ4v) is 2.38. The van der Waals surface area contributed by atoms with Crippen molar-refractivity contribution < 1.29 is 40.5 Å². The van der Waals surface area contributed by atoms with Crippen LogP contribution in [-0.4, -0.2) is 5.11 Å². The van der Waals surface area contributed by atoms with Gasteiger partial charge in [0.15, 0.2) is 0 Å². The molecule has 0 radical (unpaired) electrons. The molecule has 5 nitrogen and oxygen atoms in total. The first-order chi connectivity index (χ1) is 9.22. The summed E-state index contributed by atoms with van der Waals surface area (Å²) >= 11 is 0. The van der Waals surface area contributed by atoms with Crippen LogP contribution in [-0.2, 0) is 43.0 Å². The molecule has 0 aliphatic carbocycles. The maximum absolute atomic E-state index is 10.6. The van der Waals surface area contributed by atoms with Crippen LogP contribution in [0.5, 0.6) is 5.75 Å². The third kappa shape index (κ3) is 6.02. The molecule has 0 fully saturated rings. The van der Waals surface area contributed by atoms with Crippen molar-refractivity contribution in [2.75, 3.05) is 0 Å². The van der Waals surface area contributed by atoms with Crippen molar-refractivity contribution in [2.24, 2.45) is 0 Å². The van der Waals surface area contributed by atoms with E-state index in [9.17, 15) is 19.5 Å². The van der Waals surface area contributed by atoms with Crippen LogP contribution < -0.4 is 9.79 Å². The van der Waals surface area contributed by atoms with Gasteiger partial charge in [0.25, 0.3) is 0 Å². The van der Waals surface area contributed by atoms with E-state index in [0.717, 1.165) is 0 Å². The molecule has 0 bridgehead atoms. The molecule has 0 unspecified atom stereocenters. The van der Waals surface area contributed by atoms with Gasteiger partial charge in [-0.2, -0.15) is 0 Å². The molecule has 0 heterocycles. The van der Waals surface area contributed by atoms with E-state index >= 15 is 0 Å². The molecule has 128 valence electrons. The number of hydrogen-bond acceptors (Lipinski definition) is 5. The molecular weight excluding hydrogens is 350 g/mol. The summed E-state index contributed by atoms with van der Waals surface area (Å²) in [7, 11) is -5.02. The monoisotopic (exact) mass is 372 g/mol. The van der Waals surface area contributed by atoms with Gasteiger partial charge in [-0.1, -0.05) is 41.5 Å². The molecule has 1 aromatic carbocycles. The molecule has 0 amide bonds. The Bertz CT molecular complexity index is 531. The first-order valence-electron chi connectivity index (χ1n) is 6.75. The third-order valence-corrected chi connectivity index (χ3v) is 3.62. The van der Waals surface area contributed by atoms with Crippen LogP contribution in [0.3, 0.4) is 0 Å². The summed E-state index contributed by atoms with van der Waals surface area (Å²) in [5.41, 5.74) is 1.30. The molecule has 0 saturated carbocycles. The van der Waals surface area contributed by atoms with Crippen LogP contribution in [0.25, 0.3) is 0 Å². The van der Waals surface area contributed by atoms with Gasteiger partial charge in [0, 0.05) is 0 Å². The fourth-order valence-electron chi connectivity index (χ4n) is 2.07. The summed E-state index contributed by atoms with van der Waals surface area (Å²) in [6, 6.07) is 3.36. The summed E-state index contributed by atoms with van der Waals surface area (Å²) in [5.74, 6) is 0.200. The third-order valence-electron chi connectivity index (χ3n) is 3.18. The fraction of sp³-hybridized carbons (Fsp3) is 0.600. The number of phenolic OH excluding ortho intramolecular Hbond substituents is 1. The Hall–Kier alpha value is -0.376. The molecule has 1 rings (SSSR count). The molecule has 0 aliphatic rings. The normalized spacial score (nSPS) is 12.9. The molecule has 0 atom stereocenters. The van der Waals surface area contributed by atoms with Gasteiger partial charge in [-0.05, 0) is 39.7 Å². The van der Waals surface area contributed by atoms with E-state index in [1.165, 1.54) is 0 Å². The molecule has 0 aliphatic heterocycles. The number of rotatable bonds is 3. The predicted octanol–water partition coefficient (Wildman–Crippen LogP) is 2.33. The number of hydrogen-bond donors (Lipinski definition) is 1. The average molecular weight is 373 g/mol. The van der Waals surface area contributed by atoms with Crippen LogP contribution in [0.4, 0.5) is 0 Å². The first-order valence-corrected chi connectivity index (χ1v) is 8.21. The van der Waals surface area contributed by atoms with Crippen molar-refractivity contribution in [1.29, 1.82) is 0 Å². The van der Waals surface area contributed by atoms with Gasteiger partial charge in [-0.25, -0.2) is 0 Å². The zero-order valence-electron chi connectivity index (χ0n) is 13.7. The SMILES string of the molecule is CC(C)(C)c1cc(COP(=O)([O-])[O-])cc(C(C)(C)C)c1O.[Ni+2]. The maximum atomic E-state index is 10.6. The maximum Gasteiger partial charge on any atom is 2.00 e.